The number of rotatable bonds is 5. The van der Waals surface area contributed by atoms with Gasteiger partial charge in [-0.15, -0.1) is 4.52 Å². The zero-order chi connectivity index (χ0) is 20.5. The molecule has 9 nitrogen and oxygen atoms in total. The number of nitrogens with two attached hydrogens (primary N) is 2. The number of benzene rings is 2. The van der Waals surface area contributed by atoms with Gasteiger partial charge in [-0.1, -0.05) is 48.5 Å². The third-order valence-corrected chi connectivity index (χ3v) is 4.50. The standard InChI is InChI=1S/C9H9N5.C9H9O4P/c10-8-12-7(13-9(11)14-8)6-4-2-1-3-5-6;1-7(9(10)11)13-14(12)8-5-3-2-4-6-8/h1-5H,(H4,10,11,12,13,14);2-7H,1H3/p+1. The van der Waals surface area contributed by atoms with Gasteiger partial charge < -0.3 is 16.6 Å². The molecule has 5 N–H and O–H groups in total. The van der Waals surface area contributed by atoms with Gasteiger partial charge in [-0.05, 0) is 23.6 Å². The zero-order valence-electron chi connectivity index (χ0n) is 15.0. The molecule has 0 aliphatic carbocycles. The van der Waals surface area contributed by atoms with E-state index < -0.39 is 20.1 Å². The predicted octanol–water partition coefficient (Wildman–Crippen LogP) is 2.25. The topological polar surface area (TPSA) is 154 Å². The largest absolute Gasteiger partial charge is 0.549 e. The number of anilines is 2. The quantitative estimate of drug-likeness (QED) is 0.547. The highest BCUT2D eigenvalue weighted by Gasteiger charge is 2.28. The highest BCUT2D eigenvalue weighted by molar-refractivity contribution is 7.48. The average molecular weight is 400 g/mol. The molecule has 10 heteroatoms. The number of nitrogen functional groups attached to an aromatic ring is 2. The van der Waals surface area contributed by atoms with Gasteiger partial charge in [0.05, 0.1) is 0 Å². The van der Waals surface area contributed by atoms with Gasteiger partial charge in [0.15, 0.2) is 5.82 Å². The Balaban J connectivity index is 0.000000200. The second-order valence-corrected chi connectivity index (χ2v) is 6.66. The highest BCUT2D eigenvalue weighted by Crippen LogP contribution is 2.23. The Labute approximate surface area is 162 Å². The monoisotopic (exact) mass is 400 g/mol. The van der Waals surface area contributed by atoms with Crippen LogP contribution in [0.25, 0.3) is 11.4 Å². The minimum absolute atomic E-state index is 0.136. The molecule has 0 fully saturated rings. The SMILES string of the molecule is CC(O[P+](=O)c1ccccc1)C(=O)O.Nc1nc(N)nc(-c2ccccc2)n1. The summed E-state index contributed by atoms with van der Waals surface area (Å²) < 4.78 is 16.2. The van der Waals surface area contributed by atoms with Crippen LogP contribution in [-0.4, -0.2) is 32.1 Å². The molecule has 2 atom stereocenters. The number of aromatic nitrogens is 3. The molecule has 0 bridgehead atoms. The third kappa shape index (κ3) is 6.39. The van der Waals surface area contributed by atoms with Crippen molar-refractivity contribution in [1.82, 2.24) is 15.0 Å². The molecule has 2 unspecified atom stereocenters. The molecule has 3 rings (SSSR count). The lowest BCUT2D eigenvalue weighted by Crippen LogP contribution is -2.18. The summed E-state index contributed by atoms with van der Waals surface area (Å²) in [4.78, 5) is 22.1. The summed E-state index contributed by atoms with van der Waals surface area (Å²) in [5.74, 6) is -0.354. The van der Waals surface area contributed by atoms with Crippen molar-refractivity contribution in [3.05, 3.63) is 60.7 Å². The third-order valence-electron chi connectivity index (χ3n) is 3.27. The Morgan fingerprint density at radius 1 is 0.964 bits per heavy atom. The van der Waals surface area contributed by atoms with Gasteiger partial charge in [0.2, 0.25) is 23.3 Å². The van der Waals surface area contributed by atoms with Crippen molar-refractivity contribution in [1.29, 1.82) is 0 Å². The van der Waals surface area contributed by atoms with E-state index in [0.29, 0.717) is 11.1 Å². The fraction of sp³-hybridized carbons (Fsp3) is 0.111. The summed E-state index contributed by atoms with van der Waals surface area (Å²) in [7, 11) is -2.08. The van der Waals surface area contributed by atoms with E-state index in [4.69, 9.17) is 21.1 Å². The number of hydrogen-bond donors (Lipinski definition) is 3. The maximum Gasteiger partial charge on any atom is 0.549 e. The van der Waals surface area contributed by atoms with Crippen molar-refractivity contribution in [3.8, 4) is 11.4 Å². The summed E-state index contributed by atoms with van der Waals surface area (Å²) in [6, 6.07) is 18.0. The molecule has 0 spiro atoms. The van der Waals surface area contributed by atoms with E-state index >= 15 is 0 Å². The van der Waals surface area contributed by atoms with Crippen LogP contribution < -0.4 is 16.8 Å². The first-order valence-corrected chi connectivity index (χ1v) is 9.29. The Morgan fingerprint density at radius 3 is 1.96 bits per heavy atom. The Kier molecular flexibility index (Phi) is 7.50. The van der Waals surface area contributed by atoms with Crippen LogP contribution in [0.5, 0.6) is 0 Å². The van der Waals surface area contributed by atoms with E-state index in [2.05, 4.69) is 15.0 Å². The summed E-state index contributed by atoms with van der Waals surface area (Å²) in [6.07, 6.45) is -1.06. The molecule has 1 heterocycles. The lowest BCUT2D eigenvalue weighted by atomic mass is 10.2. The number of nitrogens with zero attached hydrogens (tertiary/aromatic N) is 3. The lowest BCUT2D eigenvalue weighted by Gasteiger charge is -2.00. The van der Waals surface area contributed by atoms with Gasteiger partial charge in [0.1, 0.15) is 0 Å². The van der Waals surface area contributed by atoms with Crippen molar-refractivity contribution < 1.29 is 19.0 Å². The number of hydrogen-bond acceptors (Lipinski definition) is 8. The molecule has 2 aromatic carbocycles. The normalized spacial score (nSPS) is 11.7. The van der Waals surface area contributed by atoms with E-state index in [1.54, 1.807) is 30.3 Å². The molecule has 0 amide bonds. The van der Waals surface area contributed by atoms with E-state index in [1.165, 1.54) is 6.92 Å². The number of carbonyl (C=O) groups is 1. The molecule has 0 saturated carbocycles. The van der Waals surface area contributed by atoms with Crippen molar-refractivity contribution in [2.24, 2.45) is 0 Å². The number of carboxylic acid groups (broad SMARTS) is 1. The summed E-state index contributed by atoms with van der Waals surface area (Å²) in [6.45, 7) is 1.35. The van der Waals surface area contributed by atoms with Gasteiger partial charge in [-0.2, -0.15) is 15.0 Å². The summed E-state index contributed by atoms with van der Waals surface area (Å²) in [5, 5.41) is 9.02. The number of carboxylic acids is 1. The molecule has 0 radical (unpaired) electrons. The van der Waals surface area contributed by atoms with Gasteiger partial charge in [-0.25, -0.2) is 4.79 Å². The molecular weight excluding hydrogens is 381 g/mol. The zero-order valence-corrected chi connectivity index (χ0v) is 15.9. The number of aliphatic carboxylic acids is 1. The van der Waals surface area contributed by atoms with Crippen molar-refractivity contribution in [3.63, 3.8) is 0 Å². The Bertz CT molecular complexity index is 921. The lowest BCUT2D eigenvalue weighted by molar-refractivity contribution is -0.143. The second kappa shape index (κ2) is 10.1. The summed E-state index contributed by atoms with van der Waals surface area (Å²) >= 11 is 0. The predicted molar refractivity (Wildman–Crippen MR) is 106 cm³/mol. The van der Waals surface area contributed by atoms with Crippen LogP contribution >= 0.6 is 8.03 Å². The van der Waals surface area contributed by atoms with Crippen LogP contribution in [0.4, 0.5) is 11.9 Å². The first-order chi connectivity index (χ1) is 13.4. The molecule has 1 aromatic heterocycles. The van der Waals surface area contributed by atoms with E-state index in [-0.39, 0.29) is 11.9 Å². The van der Waals surface area contributed by atoms with Crippen molar-refractivity contribution in [2.75, 3.05) is 11.5 Å². The summed E-state index contributed by atoms with van der Waals surface area (Å²) in [5.41, 5.74) is 11.8. The van der Waals surface area contributed by atoms with Crippen LogP contribution in [-0.2, 0) is 13.9 Å². The fourth-order valence-electron chi connectivity index (χ4n) is 1.92. The first-order valence-electron chi connectivity index (χ1n) is 8.11. The second-order valence-electron chi connectivity index (χ2n) is 5.42. The highest BCUT2D eigenvalue weighted by atomic mass is 31.1. The van der Waals surface area contributed by atoms with Gasteiger partial charge in [0.25, 0.3) is 0 Å². The average Bonchev–Trinajstić information content (AvgIpc) is 2.69. The van der Waals surface area contributed by atoms with Crippen molar-refractivity contribution >= 4 is 31.2 Å². The maximum absolute atomic E-state index is 11.4. The van der Waals surface area contributed by atoms with E-state index in [1.807, 2.05) is 30.3 Å². The Hall–Kier alpha value is -3.42. The van der Waals surface area contributed by atoms with Crippen LogP contribution in [0.3, 0.4) is 0 Å². The molecule has 0 aliphatic rings. The fourth-order valence-corrected chi connectivity index (χ4v) is 2.84. The first kappa shape index (κ1) is 20.9. The molecule has 3 aromatic rings. The van der Waals surface area contributed by atoms with E-state index in [9.17, 15) is 9.36 Å². The van der Waals surface area contributed by atoms with Gasteiger partial charge >= 0.3 is 14.0 Å². The molecule has 28 heavy (non-hydrogen) atoms. The molecule has 144 valence electrons. The van der Waals surface area contributed by atoms with Crippen LogP contribution in [0.2, 0.25) is 0 Å². The smallest absolute Gasteiger partial charge is 0.479 e. The van der Waals surface area contributed by atoms with Gasteiger partial charge in [0, 0.05) is 5.56 Å². The van der Waals surface area contributed by atoms with Crippen LogP contribution in [0.15, 0.2) is 60.7 Å². The molecule has 0 aliphatic heterocycles. The van der Waals surface area contributed by atoms with E-state index in [0.717, 1.165) is 5.56 Å². The minimum atomic E-state index is -2.08. The van der Waals surface area contributed by atoms with Gasteiger partial charge in [-0.3, -0.25) is 0 Å². The van der Waals surface area contributed by atoms with Crippen molar-refractivity contribution in [2.45, 2.75) is 13.0 Å². The minimum Gasteiger partial charge on any atom is -0.479 e. The molecule has 0 saturated heterocycles. The Morgan fingerprint density at radius 2 is 1.46 bits per heavy atom. The van der Waals surface area contributed by atoms with Crippen LogP contribution in [0, 0.1) is 0 Å². The maximum atomic E-state index is 11.4. The molecular formula is C18H19N5O4P+. The van der Waals surface area contributed by atoms with Crippen LogP contribution in [0.1, 0.15) is 6.92 Å².